The number of oxazole rings is 1. The summed E-state index contributed by atoms with van der Waals surface area (Å²) in [5.74, 6) is 0.827. The molecular formula is C11H6N2O3. The maximum Gasteiger partial charge on any atom is 0.185 e. The van der Waals surface area contributed by atoms with Crippen LogP contribution in [0.15, 0.2) is 39.9 Å². The summed E-state index contributed by atoms with van der Waals surface area (Å²) in [5.41, 5.74) is 1.26. The Labute approximate surface area is 89.7 Å². The first kappa shape index (κ1) is 8.84. The molecule has 0 saturated heterocycles. The minimum absolute atomic E-state index is 0.267. The standard InChI is InChI=1S/C11H6N2O3/c14-5-8-1-7-2-12-3-9(11(7)16-8)10-4-13-6-15-10/h1-6H. The summed E-state index contributed by atoms with van der Waals surface area (Å²) in [5, 5.41) is 0.760. The molecule has 5 nitrogen and oxygen atoms in total. The van der Waals surface area contributed by atoms with Crippen LogP contribution in [0, 0.1) is 0 Å². The lowest BCUT2D eigenvalue weighted by Crippen LogP contribution is -1.77. The summed E-state index contributed by atoms with van der Waals surface area (Å²) in [6.45, 7) is 0. The second-order valence-electron chi connectivity index (χ2n) is 3.24. The number of pyridine rings is 1. The van der Waals surface area contributed by atoms with Crippen molar-refractivity contribution in [2.24, 2.45) is 0 Å². The SMILES string of the molecule is O=Cc1cc2cncc(-c3cnco3)c2o1. The van der Waals surface area contributed by atoms with Gasteiger partial charge in [0.2, 0.25) is 0 Å². The van der Waals surface area contributed by atoms with Crippen LogP contribution in [0.4, 0.5) is 0 Å². The van der Waals surface area contributed by atoms with Gasteiger partial charge >= 0.3 is 0 Å². The van der Waals surface area contributed by atoms with Crippen molar-refractivity contribution in [1.82, 2.24) is 9.97 Å². The van der Waals surface area contributed by atoms with Gasteiger partial charge in [-0.1, -0.05) is 0 Å². The van der Waals surface area contributed by atoms with Crippen molar-refractivity contribution >= 4 is 17.3 Å². The van der Waals surface area contributed by atoms with Crippen molar-refractivity contribution in [3.8, 4) is 11.3 Å². The summed E-state index contributed by atoms with van der Waals surface area (Å²) in [6, 6.07) is 1.63. The van der Waals surface area contributed by atoms with E-state index in [9.17, 15) is 4.79 Å². The molecule has 3 aromatic rings. The Bertz CT molecular complexity index is 640. The van der Waals surface area contributed by atoms with Crippen LogP contribution in [-0.2, 0) is 0 Å². The minimum atomic E-state index is 0.267. The number of carbonyl (C=O) groups is 1. The number of rotatable bonds is 2. The molecule has 5 heteroatoms. The topological polar surface area (TPSA) is 69.1 Å². The molecule has 0 atom stereocenters. The normalized spacial score (nSPS) is 10.8. The van der Waals surface area contributed by atoms with Crippen molar-refractivity contribution < 1.29 is 13.6 Å². The third kappa shape index (κ3) is 1.22. The highest BCUT2D eigenvalue weighted by Gasteiger charge is 2.12. The molecular weight excluding hydrogens is 208 g/mol. The molecule has 3 heterocycles. The second kappa shape index (κ2) is 3.30. The molecule has 0 spiro atoms. The van der Waals surface area contributed by atoms with E-state index in [0.29, 0.717) is 23.2 Å². The summed E-state index contributed by atoms with van der Waals surface area (Å²) in [7, 11) is 0. The van der Waals surface area contributed by atoms with Gasteiger partial charge in [-0.05, 0) is 6.07 Å². The zero-order valence-electron chi connectivity index (χ0n) is 8.08. The molecule has 3 rings (SSSR count). The van der Waals surface area contributed by atoms with Gasteiger partial charge in [-0.25, -0.2) is 4.98 Å². The molecule has 0 radical (unpaired) electrons. The number of fused-ring (bicyclic) bond motifs is 1. The van der Waals surface area contributed by atoms with E-state index in [4.69, 9.17) is 8.83 Å². The van der Waals surface area contributed by atoms with Gasteiger partial charge in [-0.3, -0.25) is 9.78 Å². The van der Waals surface area contributed by atoms with Gasteiger partial charge in [0.25, 0.3) is 0 Å². The molecule has 0 aromatic carbocycles. The van der Waals surface area contributed by atoms with Gasteiger partial charge in [0, 0.05) is 17.8 Å². The van der Waals surface area contributed by atoms with Crippen molar-refractivity contribution in [2.45, 2.75) is 0 Å². The highest BCUT2D eigenvalue weighted by atomic mass is 16.4. The summed E-state index contributed by atoms with van der Waals surface area (Å²) < 4.78 is 10.5. The van der Waals surface area contributed by atoms with E-state index < -0.39 is 0 Å². The summed E-state index contributed by atoms with van der Waals surface area (Å²) >= 11 is 0. The Balaban J connectivity index is 2.32. The number of aromatic nitrogens is 2. The van der Waals surface area contributed by atoms with Crippen molar-refractivity contribution in [1.29, 1.82) is 0 Å². The Kier molecular flexibility index (Phi) is 1.83. The maximum absolute atomic E-state index is 10.6. The molecule has 0 aliphatic rings. The molecule has 16 heavy (non-hydrogen) atoms. The predicted octanol–water partition coefficient (Wildman–Crippen LogP) is 2.30. The van der Waals surface area contributed by atoms with Gasteiger partial charge in [-0.15, -0.1) is 0 Å². The van der Waals surface area contributed by atoms with Crippen LogP contribution in [0.1, 0.15) is 10.6 Å². The molecule has 0 unspecified atom stereocenters. The number of hydrogen-bond acceptors (Lipinski definition) is 5. The fourth-order valence-electron chi connectivity index (χ4n) is 1.56. The lowest BCUT2D eigenvalue weighted by molar-refractivity contribution is 0.110. The second-order valence-corrected chi connectivity index (χ2v) is 3.24. The molecule has 0 aliphatic heterocycles. The zero-order chi connectivity index (χ0) is 11.0. The van der Waals surface area contributed by atoms with Crippen LogP contribution >= 0.6 is 0 Å². The Hall–Kier alpha value is -2.43. The number of hydrogen-bond donors (Lipinski definition) is 0. The Morgan fingerprint density at radius 3 is 2.88 bits per heavy atom. The first-order valence-corrected chi connectivity index (χ1v) is 4.60. The van der Waals surface area contributed by atoms with Crippen LogP contribution in [-0.4, -0.2) is 16.3 Å². The fraction of sp³-hybridized carbons (Fsp3) is 0. The molecule has 78 valence electrons. The lowest BCUT2D eigenvalue weighted by Gasteiger charge is -1.95. The van der Waals surface area contributed by atoms with Gasteiger partial charge in [0.05, 0.1) is 11.8 Å². The van der Waals surface area contributed by atoms with E-state index in [1.54, 1.807) is 24.7 Å². The third-order valence-corrected chi connectivity index (χ3v) is 2.26. The van der Waals surface area contributed by atoms with Gasteiger partial charge < -0.3 is 8.83 Å². The number of carbonyl (C=O) groups excluding carboxylic acids is 1. The first-order valence-electron chi connectivity index (χ1n) is 4.60. The van der Waals surface area contributed by atoms with E-state index in [0.717, 1.165) is 5.39 Å². The van der Waals surface area contributed by atoms with Gasteiger partial charge in [0.1, 0.15) is 5.58 Å². The fourth-order valence-corrected chi connectivity index (χ4v) is 1.56. The van der Waals surface area contributed by atoms with Crippen molar-refractivity contribution in [3.63, 3.8) is 0 Å². The number of aldehydes is 1. The Morgan fingerprint density at radius 2 is 2.12 bits per heavy atom. The average molecular weight is 214 g/mol. The number of nitrogens with zero attached hydrogens (tertiary/aromatic N) is 2. The van der Waals surface area contributed by atoms with Crippen LogP contribution in [0.25, 0.3) is 22.3 Å². The van der Waals surface area contributed by atoms with Gasteiger partial charge in [0.15, 0.2) is 24.2 Å². The lowest BCUT2D eigenvalue weighted by atomic mass is 10.2. The minimum Gasteiger partial charge on any atom is -0.452 e. The third-order valence-electron chi connectivity index (χ3n) is 2.26. The molecule has 0 bridgehead atoms. The predicted molar refractivity (Wildman–Crippen MR) is 54.9 cm³/mol. The van der Waals surface area contributed by atoms with Crippen LogP contribution in [0.3, 0.4) is 0 Å². The van der Waals surface area contributed by atoms with E-state index in [1.165, 1.54) is 6.39 Å². The van der Waals surface area contributed by atoms with E-state index in [1.807, 2.05) is 0 Å². The summed E-state index contributed by atoms with van der Waals surface area (Å²) in [4.78, 5) is 18.5. The van der Waals surface area contributed by atoms with Crippen molar-refractivity contribution in [2.75, 3.05) is 0 Å². The van der Waals surface area contributed by atoms with E-state index >= 15 is 0 Å². The first-order chi connectivity index (χ1) is 7.88. The van der Waals surface area contributed by atoms with E-state index in [-0.39, 0.29) is 5.76 Å². The van der Waals surface area contributed by atoms with Gasteiger partial charge in [-0.2, -0.15) is 0 Å². The maximum atomic E-state index is 10.6. The van der Waals surface area contributed by atoms with E-state index in [2.05, 4.69) is 9.97 Å². The molecule has 0 fully saturated rings. The largest absolute Gasteiger partial charge is 0.452 e. The summed E-state index contributed by atoms with van der Waals surface area (Å²) in [6.07, 6.45) is 6.80. The highest BCUT2D eigenvalue weighted by Crippen LogP contribution is 2.29. The van der Waals surface area contributed by atoms with Crippen LogP contribution in [0.5, 0.6) is 0 Å². The zero-order valence-corrected chi connectivity index (χ0v) is 8.08. The van der Waals surface area contributed by atoms with Crippen LogP contribution in [0.2, 0.25) is 0 Å². The molecule has 3 aromatic heterocycles. The molecule has 0 saturated carbocycles. The quantitative estimate of drug-likeness (QED) is 0.612. The highest BCUT2D eigenvalue weighted by molar-refractivity contribution is 5.93. The molecule has 0 N–H and O–H groups in total. The average Bonchev–Trinajstić information content (AvgIpc) is 2.97. The van der Waals surface area contributed by atoms with Crippen molar-refractivity contribution in [3.05, 3.63) is 36.8 Å². The molecule has 0 aliphatic carbocycles. The number of furan rings is 1. The smallest absolute Gasteiger partial charge is 0.185 e. The molecule has 0 amide bonds. The Morgan fingerprint density at radius 1 is 1.19 bits per heavy atom. The van der Waals surface area contributed by atoms with Crippen LogP contribution < -0.4 is 0 Å². The monoisotopic (exact) mass is 214 g/mol.